The van der Waals surface area contributed by atoms with Gasteiger partial charge >= 0.3 is 0 Å². The van der Waals surface area contributed by atoms with Crippen molar-refractivity contribution in [3.63, 3.8) is 0 Å². The van der Waals surface area contributed by atoms with Crippen molar-refractivity contribution in [2.24, 2.45) is 7.05 Å². The maximum absolute atomic E-state index is 14.2. The average Bonchev–Trinajstić information content (AvgIpc) is 3.18. The number of aromatic amines is 1. The van der Waals surface area contributed by atoms with Gasteiger partial charge in [0.1, 0.15) is 23.1 Å². The Bertz CT molecular complexity index is 2040. The van der Waals surface area contributed by atoms with Gasteiger partial charge in [0.15, 0.2) is 17.1 Å². The largest absolute Gasteiger partial charge is 0.493 e. The summed E-state index contributed by atoms with van der Waals surface area (Å²) in [7, 11) is 5.98. The van der Waals surface area contributed by atoms with Gasteiger partial charge in [0.25, 0.3) is 16.7 Å². The van der Waals surface area contributed by atoms with Crippen molar-refractivity contribution in [3.8, 4) is 45.8 Å². The molecule has 208 valence electrons. The molecule has 0 amide bonds. The van der Waals surface area contributed by atoms with E-state index in [0.29, 0.717) is 17.1 Å². The zero-order chi connectivity index (χ0) is 29.6. The lowest BCUT2D eigenvalue weighted by atomic mass is 9.97. The van der Waals surface area contributed by atoms with Crippen molar-refractivity contribution in [2.75, 3.05) is 21.3 Å². The summed E-state index contributed by atoms with van der Waals surface area (Å²) in [6.07, 6.45) is 0. The predicted molar refractivity (Wildman–Crippen MR) is 152 cm³/mol. The molecule has 5 rings (SSSR count). The highest BCUT2D eigenvalue weighted by atomic mass is 16.5. The summed E-state index contributed by atoms with van der Waals surface area (Å²) >= 11 is 0. The Morgan fingerprint density at radius 3 is 2.12 bits per heavy atom. The van der Waals surface area contributed by atoms with Gasteiger partial charge in [-0.15, -0.1) is 0 Å². The lowest BCUT2D eigenvalue weighted by Crippen LogP contribution is -2.31. The van der Waals surface area contributed by atoms with Crippen LogP contribution in [0.5, 0.6) is 17.2 Å². The third-order valence-electron chi connectivity index (χ3n) is 6.96. The van der Waals surface area contributed by atoms with Gasteiger partial charge in [-0.3, -0.25) is 23.6 Å². The molecule has 0 bridgehead atoms. The van der Waals surface area contributed by atoms with Crippen LogP contribution < -0.4 is 30.9 Å². The second-order valence-electron chi connectivity index (χ2n) is 9.18. The smallest absolute Gasteiger partial charge is 0.296 e. The number of ether oxygens (including phenoxy) is 3. The molecule has 0 radical (unpaired) electrons. The van der Waals surface area contributed by atoms with E-state index in [2.05, 4.69) is 9.97 Å². The zero-order valence-electron chi connectivity index (χ0n) is 23.2. The molecule has 12 nitrogen and oxygen atoms in total. The number of para-hydroxylation sites is 1. The lowest BCUT2D eigenvalue weighted by molar-refractivity contribution is 0.324. The molecule has 3 heterocycles. The standard InChI is InChI=1S/C29H26N6O6/c1-15-24(29(38)35(33(15)3)18-10-8-7-9-11-18)34-26-23(27(36)32-16(2)31-26)22(19(14-30)28(34)37)17-12-20(39-4)25(41-6)21(13-17)40-5/h7-13H,1-6H3,(H,31,32,36). The summed E-state index contributed by atoms with van der Waals surface area (Å²) in [5.41, 5.74) is -1.11. The first-order chi connectivity index (χ1) is 19.7. The average molecular weight is 555 g/mol. The van der Waals surface area contributed by atoms with Crippen LogP contribution >= 0.6 is 0 Å². The van der Waals surface area contributed by atoms with E-state index in [4.69, 9.17) is 14.2 Å². The number of hydrogen-bond donors (Lipinski definition) is 1. The van der Waals surface area contributed by atoms with Crippen molar-refractivity contribution in [1.82, 2.24) is 23.9 Å². The van der Waals surface area contributed by atoms with Crippen LogP contribution in [0.4, 0.5) is 0 Å². The van der Waals surface area contributed by atoms with E-state index in [9.17, 15) is 19.6 Å². The van der Waals surface area contributed by atoms with Gasteiger partial charge in [-0.1, -0.05) is 18.2 Å². The second-order valence-corrected chi connectivity index (χ2v) is 9.18. The number of hydrogen-bond acceptors (Lipinski definition) is 8. The first-order valence-electron chi connectivity index (χ1n) is 12.4. The fourth-order valence-electron chi connectivity index (χ4n) is 5.04. The van der Waals surface area contributed by atoms with E-state index in [-0.39, 0.29) is 50.7 Å². The van der Waals surface area contributed by atoms with Crippen molar-refractivity contribution in [1.29, 1.82) is 5.26 Å². The molecule has 2 aromatic carbocycles. The number of pyridine rings is 1. The molecule has 1 N–H and O–H groups in total. The van der Waals surface area contributed by atoms with E-state index < -0.39 is 16.7 Å². The van der Waals surface area contributed by atoms with Crippen LogP contribution in [-0.2, 0) is 7.05 Å². The monoisotopic (exact) mass is 554 g/mol. The first kappa shape index (κ1) is 27.0. The highest BCUT2D eigenvalue weighted by Crippen LogP contribution is 2.42. The molecule has 0 unspecified atom stereocenters. The minimum atomic E-state index is -0.813. The highest BCUT2D eigenvalue weighted by Gasteiger charge is 2.28. The molecule has 0 spiro atoms. The Balaban J connectivity index is 1.99. The van der Waals surface area contributed by atoms with Gasteiger partial charge in [-0.2, -0.15) is 5.26 Å². The summed E-state index contributed by atoms with van der Waals surface area (Å²) in [4.78, 5) is 48.8. The number of aryl methyl sites for hydroxylation is 1. The van der Waals surface area contributed by atoms with Gasteiger partial charge in [-0.05, 0) is 43.7 Å². The van der Waals surface area contributed by atoms with Gasteiger partial charge in [-0.25, -0.2) is 9.67 Å². The Morgan fingerprint density at radius 1 is 0.927 bits per heavy atom. The summed E-state index contributed by atoms with van der Waals surface area (Å²) < 4.78 is 20.4. The van der Waals surface area contributed by atoms with Crippen molar-refractivity contribution in [2.45, 2.75) is 13.8 Å². The minimum absolute atomic E-state index is 0.0220. The molecule has 3 aromatic heterocycles. The van der Waals surface area contributed by atoms with Gasteiger partial charge in [0.05, 0.1) is 38.1 Å². The molecule has 12 heteroatoms. The number of methoxy groups -OCH3 is 3. The van der Waals surface area contributed by atoms with Gasteiger partial charge < -0.3 is 19.2 Å². The van der Waals surface area contributed by atoms with Crippen LogP contribution in [0, 0.1) is 25.2 Å². The second kappa shape index (κ2) is 10.2. The first-order valence-corrected chi connectivity index (χ1v) is 12.4. The van der Waals surface area contributed by atoms with E-state index in [1.165, 1.54) is 38.1 Å². The van der Waals surface area contributed by atoms with E-state index in [0.717, 1.165) is 4.57 Å². The highest BCUT2D eigenvalue weighted by molar-refractivity contribution is 5.97. The number of fused-ring (bicyclic) bond motifs is 1. The Labute approximate surface area is 233 Å². The van der Waals surface area contributed by atoms with Crippen LogP contribution in [0.1, 0.15) is 17.1 Å². The molecule has 0 aliphatic heterocycles. The Morgan fingerprint density at radius 2 is 1.56 bits per heavy atom. The summed E-state index contributed by atoms with van der Waals surface area (Å²) in [6, 6.07) is 13.9. The minimum Gasteiger partial charge on any atom is -0.493 e. The summed E-state index contributed by atoms with van der Waals surface area (Å²) in [5, 5.41) is 10.2. The molecule has 41 heavy (non-hydrogen) atoms. The molecular weight excluding hydrogens is 528 g/mol. The number of benzene rings is 2. The summed E-state index contributed by atoms with van der Waals surface area (Å²) in [5.74, 6) is 1.01. The molecule has 0 saturated heterocycles. The van der Waals surface area contributed by atoms with Crippen LogP contribution in [0.25, 0.3) is 33.5 Å². The van der Waals surface area contributed by atoms with Crippen molar-refractivity contribution in [3.05, 3.63) is 90.6 Å². The van der Waals surface area contributed by atoms with E-state index in [1.807, 2.05) is 12.1 Å². The molecule has 0 fully saturated rings. The number of nitrogens with one attached hydrogen (secondary N) is 1. The van der Waals surface area contributed by atoms with Gasteiger partial charge in [0.2, 0.25) is 5.75 Å². The van der Waals surface area contributed by atoms with Crippen LogP contribution in [0.3, 0.4) is 0 Å². The summed E-state index contributed by atoms with van der Waals surface area (Å²) in [6.45, 7) is 3.24. The van der Waals surface area contributed by atoms with Crippen molar-refractivity contribution < 1.29 is 14.2 Å². The maximum Gasteiger partial charge on any atom is 0.296 e. The normalized spacial score (nSPS) is 11.0. The molecule has 0 aliphatic carbocycles. The number of nitrogens with zero attached hydrogens (tertiary/aromatic N) is 5. The predicted octanol–water partition coefficient (Wildman–Crippen LogP) is 2.74. The fourth-order valence-corrected chi connectivity index (χ4v) is 5.04. The molecular formula is C29H26N6O6. The Kier molecular flexibility index (Phi) is 6.72. The molecule has 0 saturated carbocycles. The number of nitriles is 1. The Hall–Kier alpha value is -5.57. The van der Waals surface area contributed by atoms with E-state index in [1.54, 1.807) is 49.8 Å². The molecule has 0 aliphatic rings. The number of rotatable bonds is 6. The third-order valence-corrected chi connectivity index (χ3v) is 6.96. The topological polar surface area (TPSA) is 146 Å². The zero-order valence-corrected chi connectivity index (χ0v) is 23.2. The van der Waals surface area contributed by atoms with Crippen LogP contribution in [0.2, 0.25) is 0 Å². The lowest BCUT2D eigenvalue weighted by Gasteiger charge is -2.17. The van der Waals surface area contributed by atoms with E-state index >= 15 is 0 Å². The number of H-pyrrole nitrogens is 1. The van der Waals surface area contributed by atoms with Gasteiger partial charge in [0, 0.05) is 12.6 Å². The third kappa shape index (κ3) is 4.06. The maximum atomic E-state index is 14.2. The van der Waals surface area contributed by atoms with Crippen LogP contribution in [0.15, 0.2) is 56.8 Å². The fraction of sp³-hybridized carbons (Fsp3) is 0.207. The van der Waals surface area contributed by atoms with Crippen LogP contribution in [-0.4, -0.2) is 45.2 Å². The SMILES string of the molecule is COc1cc(-c2c(C#N)c(=O)n(-c3c(C)n(C)n(-c4ccccc4)c3=O)c3nc(C)[nH]c(=O)c23)cc(OC)c1OC. The number of aromatic nitrogens is 5. The van der Waals surface area contributed by atoms with Crippen molar-refractivity contribution >= 4 is 11.0 Å². The quantitative estimate of drug-likeness (QED) is 0.337. The molecule has 5 aromatic rings. The molecule has 0 atom stereocenters.